The number of fused-ring (bicyclic) bond motifs is 1. The molecule has 2 N–H and O–H groups in total. The summed E-state index contributed by atoms with van der Waals surface area (Å²) in [5.74, 6) is -1.07. The highest BCUT2D eigenvalue weighted by molar-refractivity contribution is 8.77. The third kappa shape index (κ3) is 14.7. The van der Waals surface area contributed by atoms with Crippen LogP contribution in [0.5, 0.6) is 34.5 Å². The highest BCUT2D eigenvalue weighted by Gasteiger charge is 2.33. The first-order chi connectivity index (χ1) is 31.0. The molecule has 0 spiro atoms. The summed E-state index contributed by atoms with van der Waals surface area (Å²) < 4.78 is 34.5. The molecule has 3 aliphatic rings. The molecule has 64 heavy (non-hydrogen) atoms. The lowest BCUT2D eigenvalue weighted by Crippen LogP contribution is -2.30. The van der Waals surface area contributed by atoms with Crippen LogP contribution in [-0.4, -0.2) is 49.5 Å². The molecule has 0 aromatic heterocycles. The van der Waals surface area contributed by atoms with Gasteiger partial charge in [-0.25, -0.2) is 9.59 Å². The van der Waals surface area contributed by atoms with Gasteiger partial charge in [-0.15, -0.1) is 0 Å². The predicted molar refractivity (Wildman–Crippen MR) is 243 cm³/mol. The zero-order chi connectivity index (χ0) is 45.8. The Bertz CT molecular complexity index is 2260. The average Bonchev–Trinajstić information content (AvgIpc) is 3.82. The number of aldehydes is 1. The highest BCUT2D eigenvalue weighted by atomic mass is 33.1. The molecule has 1 aliphatic heterocycles. The van der Waals surface area contributed by atoms with Crippen LogP contribution < -0.4 is 33.1 Å². The number of hydrogen-bond donors (Lipinski definition) is 2. The van der Waals surface area contributed by atoms with Crippen LogP contribution in [0.4, 0.5) is 5.69 Å². The van der Waals surface area contributed by atoms with Crippen molar-refractivity contribution in [1.29, 1.82) is 5.41 Å². The number of para-hydroxylation sites is 1. The van der Waals surface area contributed by atoms with E-state index in [2.05, 4.69) is 36.1 Å². The van der Waals surface area contributed by atoms with E-state index < -0.39 is 35.8 Å². The quantitative estimate of drug-likeness (QED) is 0.0245. The third-order valence-electron chi connectivity index (χ3n) is 10.3. The molecule has 0 saturated heterocycles. The number of carbonyl (C=O) groups is 6. The Balaban J connectivity index is 0.000000281. The maximum atomic E-state index is 12.8. The number of ether oxygens (including phenoxy) is 6. The largest absolute Gasteiger partial charge is 0.497 e. The molecule has 16 heteroatoms. The number of esters is 5. The van der Waals surface area contributed by atoms with Crippen molar-refractivity contribution in [2.75, 3.05) is 11.8 Å². The summed E-state index contributed by atoms with van der Waals surface area (Å²) in [5.41, 5.74) is 1.54. The summed E-state index contributed by atoms with van der Waals surface area (Å²) >= 11 is 0. The van der Waals surface area contributed by atoms with Crippen LogP contribution in [0, 0.1) is 29.1 Å². The van der Waals surface area contributed by atoms with Crippen LogP contribution in [0.1, 0.15) is 56.9 Å². The molecule has 2 fully saturated rings. The van der Waals surface area contributed by atoms with Gasteiger partial charge in [0.1, 0.15) is 40.8 Å². The molecule has 7 rings (SSSR count). The number of carbonyl (C=O) groups excluding carboxylic acids is 6. The van der Waals surface area contributed by atoms with E-state index in [1.165, 1.54) is 53.0 Å². The summed E-state index contributed by atoms with van der Waals surface area (Å²) in [5, 5.41) is 7.73. The summed E-state index contributed by atoms with van der Waals surface area (Å²) in [6.07, 6.45) is 8.44. The summed E-state index contributed by atoms with van der Waals surface area (Å²) in [6, 6.07) is 25.6. The van der Waals surface area contributed by atoms with Gasteiger partial charge in [0.05, 0.1) is 30.6 Å². The molecule has 334 valence electrons. The predicted octanol–water partition coefficient (Wildman–Crippen LogP) is 9.56. The van der Waals surface area contributed by atoms with E-state index in [-0.39, 0.29) is 29.3 Å². The number of nitrogens with one attached hydrogen (secondary N) is 2. The molecule has 14 nitrogen and oxygen atoms in total. The second kappa shape index (κ2) is 24.8. The fourth-order valence-corrected chi connectivity index (χ4v) is 8.62. The Morgan fingerprint density at radius 2 is 1.06 bits per heavy atom. The fourth-order valence-electron chi connectivity index (χ4n) is 6.71. The lowest BCUT2D eigenvalue weighted by Gasteiger charge is -2.26. The number of rotatable bonds is 13. The van der Waals surface area contributed by atoms with E-state index in [0.29, 0.717) is 74.2 Å². The minimum absolute atomic E-state index is 0.00888. The molecule has 4 aromatic carbocycles. The van der Waals surface area contributed by atoms with Gasteiger partial charge >= 0.3 is 29.8 Å². The molecule has 1 heterocycles. The zero-order valence-corrected chi connectivity index (χ0v) is 36.7. The normalized spacial score (nSPS) is 18.1. The zero-order valence-electron chi connectivity index (χ0n) is 35.1. The van der Waals surface area contributed by atoms with E-state index in [9.17, 15) is 28.8 Å². The van der Waals surface area contributed by atoms with Gasteiger partial charge in [0.15, 0.2) is 0 Å². The van der Waals surface area contributed by atoms with E-state index in [1.807, 2.05) is 6.07 Å². The summed E-state index contributed by atoms with van der Waals surface area (Å²) in [6.45, 7) is 6.63. The Labute approximate surface area is 379 Å². The Hall–Kier alpha value is -6.65. The van der Waals surface area contributed by atoms with Crippen LogP contribution in [0.2, 0.25) is 0 Å². The van der Waals surface area contributed by atoms with Gasteiger partial charge in [0.2, 0.25) is 0 Å². The van der Waals surface area contributed by atoms with Crippen molar-refractivity contribution in [1.82, 2.24) is 0 Å². The van der Waals surface area contributed by atoms with Crippen molar-refractivity contribution in [2.45, 2.75) is 56.3 Å². The van der Waals surface area contributed by atoms with Crippen LogP contribution in [-0.2, 0) is 28.8 Å². The second-order valence-electron chi connectivity index (χ2n) is 14.6. The highest BCUT2D eigenvalue weighted by Crippen LogP contribution is 2.43. The van der Waals surface area contributed by atoms with E-state index in [1.54, 1.807) is 53.1 Å². The number of benzene rings is 4. The maximum absolute atomic E-state index is 12.8. The summed E-state index contributed by atoms with van der Waals surface area (Å²) in [4.78, 5) is 72.4. The Morgan fingerprint density at radius 3 is 1.55 bits per heavy atom. The van der Waals surface area contributed by atoms with Gasteiger partial charge in [0.25, 0.3) is 0 Å². The van der Waals surface area contributed by atoms with Crippen molar-refractivity contribution in [3.05, 3.63) is 122 Å². The van der Waals surface area contributed by atoms with Crippen molar-refractivity contribution in [2.24, 2.45) is 23.7 Å². The lowest BCUT2D eigenvalue weighted by molar-refractivity contribution is -0.145. The number of methoxy groups -OCH3 is 1. The van der Waals surface area contributed by atoms with E-state index in [0.717, 1.165) is 30.4 Å². The third-order valence-corrected chi connectivity index (χ3v) is 12.3. The first-order valence-electron chi connectivity index (χ1n) is 20.4. The minimum Gasteiger partial charge on any atom is -0.497 e. The topological polar surface area (TPSA) is 194 Å². The molecule has 4 aromatic rings. The molecule has 0 amide bonds. The molecule has 0 atom stereocenters. The fraction of sp³-hybridized carbons (Fsp3) is 0.271. The van der Waals surface area contributed by atoms with E-state index in [4.69, 9.17) is 33.8 Å². The molecule has 2 saturated carbocycles. The van der Waals surface area contributed by atoms with Crippen LogP contribution in [0.3, 0.4) is 0 Å². The van der Waals surface area contributed by atoms with Gasteiger partial charge < -0.3 is 43.3 Å². The van der Waals surface area contributed by atoms with Crippen molar-refractivity contribution >= 4 is 69.8 Å². The second-order valence-corrected chi connectivity index (χ2v) is 16.5. The first-order valence-corrected chi connectivity index (χ1v) is 22.5. The summed E-state index contributed by atoms with van der Waals surface area (Å²) in [7, 11) is 5.02. The van der Waals surface area contributed by atoms with Crippen LogP contribution in [0.25, 0.3) is 0 Å². The van der Waals surface area contributed by atoms with Crippen molar-refractivity contribution in [3.8, 4) is 34.5 Å². The van der Waals surface area contributed by atoms with Gasteiger partial charge in [-0.05, 0) is 141 Å². The molecule has 0 bridgehead atoms. The van der Waals surface area contributed by atoms with E-state index >= 15 is 0 Å². The average molecular weight is 909 g/mol. The molecular weight excluding hydrogens is 861 g/mol. The maximum Gasteiger partial charge on any atom is 0.335 e. The molecule has 0 radical (unpaired) electrons. The molecular formula is C48H48N2O12S2. The van der Waals surface area contributed by atoms with Crippen LogP contribution >= 0.6 is 21.8 Å². The number of anilines is 1. The van der Waals surface area contributed by atoms with Crippen molar-refractivity contribution < 1.29 is 57.2 Å². The minimum atomic E-state index is -0.589. The Morgan fingerprint density at radius 1 is 0.609 bits per heavy atom. The van der Waals surface area contributed by atoms with Crippen LogP contribution in [0.15, 0.2) is 121 Å². The standard InChI is InChI=1S/C32H33NO9.C10H10O3.C6H5NS2/c1-2-29(35)39-25-11-13-26(14-12-25)40-30(36)22-7-9-23(10-8-22)31(37)41-27-15-16-28(24(17-27)18-33)42-32(38)21-5-3-20(19-34)4-6-21;1-3-10(11)13-9-6-4-8(12-2)5-7-9;1-2-4-6-5(3-1)7-9-8-6/h2,11-23,33H,1,3-10H2;3-7H,1H2,2H3;1-4,7H. The lowest BCUT2D eigenvalue weighted by atomic mass is 9.82. The molecule has 0 unspecified atom stereocenters. The van der Waals surface area contributed by atoms with Gasteiger partial charge in [-0.2, -0.15) is 0 Å². The van der Waals surface area contributed by atoms with Gasteiger partial charge in [0, 0.05) is 45.7 Å². The smallest absolute Gasteiger partial charge is 0.335 e. The van der Waals surface area contributed by atoms with Gasteiger partial charge in [-0.3, -0.25) is 14.4 Å². The SMILES string of the molecule is C=CC(=O)Oc1ccc(OC(=O)C2CCC(C(=O)Oc3ccc(OC(=O)C4CCC(C=O)CC4)c(C=N)c3)CC2)cc1.C=CC(=O)Oc1ccc(OC)cc1.c1ccc2c(c1)NSS2. The van der Waals surface area contributed by atoms with Crippen molar-refractivity contribution in [3.63, 3.8) is 0 Å². The Kier molecular flexibility index (Phi) is 18.8. The molecule has 2 aliphatic carbocycles. The monoisotopic (exact) mass is 908 g/mol. The number of hydrogen-bond acceptors (Lipinski definition) is 16. The first kappa shape index (κ1) is 48.4. The van der Waals surface area contributed by atoms with Gasteiger partial charge in [-0.1, -0.05) is 25.3 Å².